The summed E-state index contributed by atoms with van der Waals surface area (Å²) < 4.78 is 27.0. The van der Waals surface area contributed by atoms with Gasteiger partial charge in [0.2, 0.25) is 11.8 Å². The molecular formula is C17H22F2N2O4. The van der Waals surface area contributed by atoms with Crippen molar-refractivity contribution in [2.45, 2.75) is 51.6 Å². The fraction of sp³-hybridized carbons (Fsp3) is 0.471. The maximum Gasteiger partial charge on any atom is 0.326 e. The Morgan fingerprint density at radius 1 is 1.20 bits per heavy atom. The van der Waals surface area contributed by atoms with Crippen molar-refractivity contribution in [3.63, 3.8) is 0 Å². The molecular weight excluding hydrogens is 334 g/mol. The average Bonchev–Trinajstić information content (AvgIpc) is 2.50. The summed E-state index contributed by atoms with van der Waals surface area (Å²) in [5, 5.41) is 13.9. The van der Waals surface area contributed by atoms with E-state index in [0.29, 0.717) is 12.5 Å². The molecule has 138 valence electrons. The summed E-state index contributed by atoms with van der Waals surface area (Å²) in [5.74, 6) is -3.98. The third-order valence-electron chi connectivity index (χ3n) is 3.58. The highest BCUT2D eigenvalue weighted by molar-refractivity contribution is 5.84. The molecule has 3 N–H and O–H groups in total. The van der Waals surface area contributed by atoms with Gasteiger partial charge in [-0.25, -0.2) is 13.6 Å². The third kappa shape index (κ3) is 6.86. The van der Waals surface area contributed by atoms with Crippen LogP contribution < -0.4 is 10.6 Å². The molecule has 0 aliphatic rings. The molecule has 0 saturated heterocycles. The number of carbonyl (C=O) groups is 3. The Bertz CT molecular complexity index is 637. The van der Waals surface area contributed by atoms with E-state index >= 15 is 0 Å². The van der Waals surface area contributed by atoms with Crippen molar-refractivity contribution < 1.29 is 28.3 Å². The Labute approximate surface area is 144 Å². The van der Waals surface area contributed by atoms with E-state index in [-0.39, 0.29) is 18.4 Å². The quantitative estimate of drug-likeness (QED) is 0.633. The van der Waals surface area contributed by atoms with Crippen LogP contribution in [0.25, 0.3) is 0 Å². The number of carboxylic acids is 1. The molecule has 0 aromatic heterocycles. The first kappa shape index (κ1) is 20.5. The number of halogens is 2. The smallest absolute Gasteiger partial charge is 0.326 e. The molecule has 2 amide bonds. The topological polar surface area (TPSA) is 95.5 Å². The summed E-state index contributed by atoms with van der Waals surface area (Å²) in [6.45, 7) is 3.10. The van der Waals surface area contributed by atoms with E-state index in [1.807, 2.05) is 6.92 Å². The zero-order chi connectivity index (χ0) is 19.0. The molecule has 0 radical (unpaired) electrons. The molecule has 1 aromatic rings. The summed E-state index contributed by atoms with van der Waals surface area (Å²) in [4.78, 5) is 34.6. The molecule has 6 nitrogen and oxygen atoms in total. The van der Waals surface area contributed by atoms with Crippen LogP contribution in [0.15, 0.2) is 18.2 Å². The molecule has 0 aliphatic heterocycles. The molecule has 0 aliphatic carbocycles. The van der Waals surface area contributed by atoms with Crippen LogP contribution in [0.2, 0.25) is 0 Å². The van der Waals surface area contributed by atoms with Gasteiger partial charge >= 0.3 is 5.97 Å². The van der Waals surface area contributed by atoms with Gasteiger partial charge in [0.15, 0.2) is 0 Å². The maximum atomic E-state index is 13.9. The first-order valence-corrected chi connectivity index (χ1v) is 7.98. The molecule has 1 aromatic carbocycles. The molecule has 0 spiro atoms. The minimum Gasteiger partial charge on any atom is -0.480 e. The van der Waals surface area contributed by atoms with E-state index in [1.54, 1.807) is 0 Å². The minimum atomic E-state index is -1.16. The van der Waals surface area contributed by atoms with Gasteiger partial charge in [-0.3, -0.25) is 9.59 Å². The zero-order valence-electron chi connectivity index (χ0n) is 14.1. The van der Waals surface area contributed by atoms with E-state index in [2.05, 4.69) is 10.6 Å². The number of aliphatic carboxylic acids is 1. The Morgan fingerprint density at radius 2 is 1.88 bits per heavy atom. The summed E-state index contributed by atoms with van der Waals surface area (Å²) in [5.41, 5.74) is -0.0489. The Hall–Kier alpha value is -2.51. The van der Waals surface area contributed by atoms with Crippen molar-refractivity contribution in [1.29, 1.82) is 0 Å². The maximum absolute atomic E-state index is 13.9. The van der Waals surface area contributed by atoms with Gasteiger partial charge in [0.05, 0.1) is 12.5 Å². The van der Waals surface area contributed by atoms with Gasteiger partial charge in [-0.2, -0.15) is 0 Å². The van der Waals surface area contributed by atoms with E-state index in [0.717, 1.165) is 18.6 Å². The van der Waals surface area contributed by atoms with Gasteiger partial charge in [-0.1, -0.05) is 25.8 Å². The van der Waals surface area contributed by atoms with Crippen LogP contribution in [0.4, 0.5) is 8.78 Å². The highest BCUT2D eigenvalue weighted by atomic mass is 19.1. The summed E-state index contributed by atoms with van der Waals surface area (Å²) in [6.07, 6.45) is 1.30. The van der Waals surface area contributed by atoms with E-state index in [4.69, 9.17) is 5.11 Å². The lowest BCUT2D eigenvalue weighted by Gasteiger charge is -2.20. The number of carbonyl (C=O) groups excluding carboxylic acids is 2. The van der Waals surface area contributed by atoms with Gasteiger partial charge in [-0.15, -0.1) is 0 Å². The molecule has 8 heteroatoms. The number of benzene rings is 1. The lowest BCUT2D eigenvalue weighted by molar-refractivity contribution is -0.142. The largest absolute Gasteiger partial charge is 0.480 e. The highest BCUT2D eigenvalue weighted by Gasteiger charge is 2.24. The van der Waals surface area contributed by atoms with Crippen LogP contribution in [-0.4, -0.2) is 28.9 Å². The average molecular weight is 356 g/mol. The molecule has 1 unspecified atom stereocenters. The standard InChI is InChI=1S/C17H22F2N2O4/c1-3-4-5-14(17(24)25)21-16(23)9-15(20-10(2)22)12-7-6-11(18)8-13(12)19/h6-8,14-15H,3-5,9H2,1-2H3,(H,20,22)(H,21,23)(H,24,25)/t14-,15?/m0/s1. The van der Waals surface area contributed by atoms with Crippen molar-refractivity contribution in [3.05, 3.63) is 35.4 Å². The summed E-state index contributed by atoms with van der Waals surface area (Å²) in [7, 11) is 0. The van der Waals surface area contributed by atoms with Gasteiger partial charge in [0, 0.05) is 18.6 Å². The van der Waals surface area contributed by atoms with Gasteiger partial charge < -0.3 is 15.7 Å². The zero-order valence-corrected chi connectivity index (χ0v) is 14.1. The van der Waals surface area contributed by atoms with Crippen molar-refractivity contribution >= 4 is 17.8 Å². The van der Waals surface area contributed by atoms with Gasteiger partial charge in [0.25, 0.3) is 0 Å². The Balaban J connectivity index is 2.88. The fourth-order valence-corrected chi connectivity index (χ4v) is 2.37. The monoisotopic (exact) mass is 356 g/mol. The second-order valence-electron chi connectivity index (χ2n) is 5.72. The number of hydrogen-bond donors (Lipinski definition) is 3. The van der Waals surface area contributed by atoms with Crippen LogP contribution >= 0.6 is 0 Å². The second kappa shape index (κ2) is 9.71. The third-order valence-corrected chi connectivity index (χ3v) is 3.58. The van der Waals surface area contributed by atoms with E-state index in [1.165, 1.54) is 6.92 Å². The number of nitrogens with one attached hydrogen (secondary N) is 2. The van der Waals surface area contributed by atoms with E-state index < -0.39 is 41.5 Å². The lowest BCUT2D eigenvalue weighted by atomic mass is 10.0. The molecule has 1 rings (SSSR count). The molecule has 0 bridgehead atoms. The van der Waals surface area contributed by atoms with Crippen LogP contribution in [0, 0.1) is 11.6 Å². The Morgan fingerprint density at radius 3 is 2.40 bits per heavy atom. The normalized spacial score (nSPS) is 13.0. The number of amides is 2. The Kier molecular flexibility index (Phi) is 7.97. The number of hydrogen-bond acceptors (Lipinski definition) is 3. The fourth-order valence-electron chi connectivity index (χ4n) is 2.37. The van der Waals surface area contributed by atoms with Crippen LogP contribution in [-0.2, 0) is 14.4 Å². The molecule has 0 fully saturated rings. The predicted molar refractivity (Wildman–Crippen MR) is 86.6 cm³/mol. The first-order valence-electron chi connectivity index (χ1n) is 7.98. The van der Waals surface area contributed by atoms with Crippen LogP contribution in [0.1, 0.15) is 51.1 Å². The lowest BCUT2D eigenvalue weighted by Crippen LogP contribution is -2.42. The van der Waals surface area contributed by atoms with Gasteiger partial charge in [0.1, 0.15) is 17.7 Å². The van der Waals surface area contributed by atoms with Crippen LogP contribution in [0.5, 0.6) is 0 Å². The molecule has 0 heterocycles. The molecule has 0 saturated carbocycles. The van der Waals surface area contributed by atoms with E-state index in [9.17, 15) is 23.2 Å². The SMILES string of the molecule is CCCC[C@H](NC(=O)CC(NC(C)=O)c1ccc(F)cc1F)C(=O)O. The second-order valence-corrected chi connectivity index (χ2v) is 5.72. The van der Waals surface area contributed by atoms with Crippen molar-refractivity contribution in [3.8, 4) is 0 Å². The number of unbranched alkanes of at least 4 members (excludes halogenated alkanes) is 1. The van der Waals surface area contributed by atoms with Crippen molar-refractivity contribution in [1.82, 2.24) is 10.6 Å². The molecule has 2 atom stereocenters. The number of carboxylic acid groups (broad SMARTS) is 1. The van der Waals surface area contributed by atoms with Crippen molar-refractivity contribution in [2.24, 2.45) is 0 Å². The summed E-state index contributed by atoms with van der Waals surface area (Å²) in [6, 6.07) is 0.738. The predicted octanol–water partition coefficient (Wildman–Crippen LogP) is 2.29. The summed E-state index contributed by atoms with van der Waals surface area (Å²) >= 11 is 0. The van der Waals surface area contributed by atoms with Gasteiger partial charge in [-0.05, 0) is 12.5 Å². The molecule has 25 heavy (non-hydrogen) atoms. The minimum absolute atomic E-state index is 0.0489. The highest BCUT2D eigenvalue weighted by Crippen LogP contribution is 2.21. The number of rotatable bonds is 9. The van der Waals surface area contributed by atoms with Crippen LogP contribution in [0.3, 0.4) is 0 Å². The van der Waals surface area contributed by atoms with Crippen molar-refractivity contribution in [2.75, 3.05) is 0 Å². The first-order chi connectivity index (χ1) is 11.7.